The van der Waals surface area contributed by atoms with E-state index in [0.717, 1.165) is 141 Å². The van der Waals surface area contributed by atoms with Crippen LogP contribution in [0.1, 0.15) is 290 Å². The van der Waals surface area contributed by atoms with Crippen molar-refractivity contribution in [1.29, 1.82) is 0 Å². The van der Waals surface area contributed by atoms with Crippen LogP contribution in [0.2, 0.25) is 0 Å². The highest BCUT2D eigenvalue weighted by atomic mass is 31.2. The van der Waals surface area contributed by atoms with Gasteiger partial charge >= 0.3 is 33.6 Å². The Morgan fingerprint density at radius 2 is 0.582 bits per heavy atom. The van der Waals surface area contributed by atoms with E-state index >= 15 is 0 Å². The SMILES string of the molecule is CC/C=C\C/C=C\C/C=C\C/C=C\C/C=C\CCCCCCCCCCCC(=O)OCC(O)COP(=O)(O)OCC(O)COP(=O)(O)OCC(COC(=O)CCCCCCC/C=C\C/C=C\C/C=C\CC)OC(=O)CCCCCCCCCCCCCCCCC. The zero-order chi connectivity index (χ0) is 66.7. The number of hydrogen-bond acceptors (Lipinski definition) is 14. The molecule has 0 aliphatic carbocycles. The Balaban J connectivity index is 4.56. The van der Waals surface area contributed by atoms with E-state index in [1.165, 1.54) is 89.9 Å². The van der Waals surface area contributed by atoms with Gasteiger partial charge in [0, 0.05) is 19.3 Å². The Bertz CT molecular complexity index is 2050. The molecule has 0 fully saturated rings. The molecule has 91 heavy (non-hydrogen) atoms. The van der Waals surface area contributed by atoms with Crippen molar-refractivity contribution >= 4 is 33.6 Å². The van der Waals surface area contributed by atoms with Crippen LogP contribution in [0.25, 0.3) is 0 Å². The second-order valence-corrected chi connectivity index (χ2v) is 26.5. The van der Waals surface area contributed by atoms with Gasteiger partial charge in [0.1, 0.15) is 25.4 Å². The molecular weight excluding hydrogens is 1190 g/mol. The molecule has 0 rings (SSSR count). The number of allylic oxidation sites excluding steroid dienone is 16. The molecule has 4 N–H and O–H groups in total. The number of hydrogen-bond donors (Lipinski definition) is 4. The second kappa shape index (κ2) is 66.5. The molecule has 0 bridgehead atoms. The number of rotatable bonds is 67. The first-order valence-corrected chi connectivity index (χ1v) is 38.5. The summed E-state index contributed by atoms with van der Waals surface area (Å²) in [6.07, 6.45) is 73.1. The smallest absolute Gasteiger partial charge is 0.463 e. The van der Waals surface area contributed by atoms with Crippen LogP contribution in [0.5, 0.6) is 0 Å². The molecule has 0 aromatic rings. The fourth-order valence-corrected chi connectivity index (χ4v) is 11.0. The van der Waals surface area contributed by atoms with Gasteiger partial charge in [0.2, 0.25) is 0 Å². The summed E-state index contributed by atoms with van der Waals surface area (Å²) in [5.74, 6) is -1.59. The normalized spacial score (nSPS) is 14.8. The van der Waals surface area contributed by atoms with Crippen molar-refractivity contribution in [2.45, 2.75) is 309 Å². The van der Waals surface area contributed by atoms with E-state index in [9.17, 15) is 43.5 Å². The van der Waals surface area contributed by atoms with Crippen molar-refractivity contribution in [2.75, 3.05) is 39.6 Å². The van der Waals surface area contributed by atoms with Gasteiger partial charge in [0.25, 0.3) is 0 Å². The third kappa shape index (κ3) is 67.7. The highest BCUT2D eigenvalue weighted by Gasteiger charge is 2.29. The van der Waals surface area contributed by atoms with E-state index in [1.54, 1.807) is 0 Å². The molecule has 5 unspecified atom stereocenters. The average molecular weight is 1320 g/mol. The first-order valence-electron chi connectivity index (χ1n) is 35.5. The number of aliphatic hydroxyl groups excluding tert-OH is 2. The van der Waals surface area contributed by atoms with Crippen molar-refractivity contribution in [3.05, 3.63) is 97.2 Å². The minimum absolute atomic E-state index is 0.104. The molecule has 0 radical (unpaired) electrons. The van der Waals surface area contributed by atoms with Crippen LogP contribution in [0.4, 0.5) is 0 Å². The predicted molar refractivity (Wildman–Crippen MR) is 371 cm³/mol. The molecule has 18 heteroatoms. The third-order valence-electron chi connectivity index (χ3n) is 14.8. The topological polar surface area (TPSA) is 231 Å². The maximum Gasteiger partial charge on any atom is 0.472 e. The minimum atomic E-state index is -4.92. The molecule has 0 aromatic carbocycles. The van der Waals surface area contributed by atoms with Gasteiger partial charge in [0.05, 0.1) is 26.4 Å². The van der Waals surface area contributed by atoms with E-state index in [2.05, 4.69) is 118 Å². The van der Waals surface area contributed by atoms with Gasteiger partial charge in [-0.1, -0.05) is 272 Å². The van der Waals surface area contributed by atoms with Crippen LogP contribution < -0.4 is 0 Å². The van der Waals surface area contributed by atoms with E-state index in [4.69, 9.17) is 32.3 Å². The maximum atomic E-state index is 12.9. The monoisotopic (exact) mass is 1320 g/mol. The number of carbonyl (C=O) groups is 3. The number of aliphatic hydroxyl groups is 2. The fraction of sp³-hybridized carbons (Fsp3) is 0.740. The van der Waals surface area contributed by atoms with E-state index in [-0.39, 0.29) is 19.3 Å². The van der Waals surface area contributed by atoms with E-state index < -0.39 is 91.5 Å². The molecule has 0 aromatic heterocycles. The van der Waals surface area contributed by atoms with Gasteiger partial charge in [-0.25, -0.2) is 9.13 Å². The standard InChI is InChI=1S/C73H128O16P2/c1-4-7-10-13-16-19-22-25-28-29-30-31-32-33-34-35-36-37-40-42-44-47-50-53-56-59-71(76)83-62-68(74)63-85-90(79,80)86-64-69(75)65-87-91(81,82)88-67-70(89-73(78)61-58-55-52-49-46-43-39-27-24-21-18-15-12-9-6-3)66-84-72(77)60-57-54-51-48-45-41-38-26-23-20-17-14-11-8-5-2/h7-8,10-11,16-17,19-20,25-26,28,30-31,33-34,38,68-70,74-75H,4-6,9,12-15,18,21-24,27,29,32,35-37,39-67H2,1-3H3,(H,79,80)(H,81,82)/b10-7-,11-8-,19-16-,20-17-,28-25-,31-30-,34-33-,38-26-. The highest BCUT2D eigenvalue weighted by Crippen LogP contribution is 2.45. The predicted octanol–water partition coefficient (Wildman–Crippen LogP) is 19.9. The van der Waals surface area contributed by atoms with Gasteiger partial charge < -0.3 is 34.2 Å². The molecule has 526 valence electrons. The average Bonchev–Trinajstić information content (AvgIpc) is 3.08. The van der Waals surface area contributed by atoms with Gasteiger partial charge in [0.15, 0.2) is 6.10 Å². The van der Waals surface area contributed by atoms with Crippen LogP contribution in [0.15, 0.2) is 97.2 Å². The summed E-state index contributed by atoms with van der Waals surface area (Å²) in [5, 5.41) is 20.6. The summed E-state index contributed by atoms with van der Waals surface area (Å²) in [5.41, 5.74) is 0. The molecule has 0 spiro atoms. The van der Waals surface area contributed by atoms with Gasteiger partial charge in [-0.2, -0.15) is 0 Å². The van der Waals surface area contributed by atoms with Crippen LogP contribution in [0, 0.1) is 0 Å². The number of esters is 3. The zero-order valence-electron chi connectivity index (χ0n) is 57.0. The molecule has 16 nitrogen and oxygen atoms in total. The lowest BCUT2D eigenvalue weighted by molar-refractivity contribution is -0.161. The Hall–Kier alpha value is -3.53. The molecule has 0 aliphatic heterocycles. The van der Waals surface area contributed by atoms with E-state index in [0.29, 0.717) is 19.3 Å². The summed E-state index contributed by atoms with van der Waals surface area (Å²) in [6.45, 7) is 2.44. The number of phosphoric acid groups is 2. The lowest BCUT2D eigenvalue weighted by atomic mass is 10.0. The molecular formula is C73H128O16P2. The van der Waals surface area contributed by atoms with Crippen molar-refractivity contribution < 1.29 is 75.8 Å². The second-order valence-electron chi connectivity index (χ2n) is 23.6. The number of ether oxygens (including phenoxy) is 3. The summed E-state index contributed by atoms with van der Waals surface area (Å²) in [7, 11) is -9.78. The zero-order valence-corrected chi connectivity index (χ0v) is 58.8. The summed E-state index contributed by atoms with van der Waals surface area (Å²) < 4.78 is 60.9. The Morgan fingerprint density at radius 3 is 0.923 bits per heavy atom. The largest absolute Gasteiger partial charge is 0.472 e. The molecule has 0 aliphatic rings. The summed E-state index contributed by atoms with van der Waals surface area (Å²) in [6, 6.07) is 0. The van der Waals surface area contributed by atoms with Crippen molar-refractivity contribution in [1.82, 2.24) is 0 Å². The number of unbranched alkanes of at least 4 members (excludes halogenated alkanes) is 28. The van der Waals surface area contributed by atoms with Crippen LogP contribution in [-0.2, 0) is 55.8 Å². The summed E-state index contributed by atoms with van der Waals surface area (Å²) >= 11 is 0. The number of phosphoric ester groups is 2. The quantitative estimate of drug-likeness (QED) is 0.0146. The maximum absolute atomic E-state index is 12.9. The van der Waals surface area contributed by atoms with Crippen molar-refractivity contribution in [3.63, 3.8) is 0 Å². The minimum Gasteiger partial charge on any atom is -0.463 e. The lowest BCUT2D eigenvalue weighted by Crippen LogP contribution is -2.30. The van der Waals surface area contributed by atoms with Crippen molar-refractivity contribution in [2.24, 2.45) is 0 Å². The number of carbonyl (C=O) groups excluding carboxylic acids is 3. The van der Waals surface area contributed by atoms with Crippen LogP contribution >= 0.6 is 15.6 Å². The highest BCUT2D eigenvalue weighted by molar-refractivity contribution is 7.47. The third-order valence-corrected chi connectivity index (χ3v) is 16.7. The summed E-state index contributed by atoms with van der Waals surface area (Å²) in [4.78, 5) is 58.4. The fourth-order valence-electron chi connectivity index (χ4n) is 9.44. The van der Waals surface area contributed by atoms with Crippen LogP contribution in [0.3, 0.4) is 0 Å². The molecule has 0 saturated heterocycles. The molecule has 5 atom stereocenters. The van der Waals surface area contributed by atoms with Crippen molar-refractivity contribution in [3.8, 4) is 0 Å². The lowest BCUT2D eigenvalue weighted by Gasteiger charge is -2.21. The Labute approximate surface area is 552 Å². The van der Waals surface area contributed by atoms with E-state index in [1.807, 2.05) is 0 Å². The van der Waals surface area contributed by atoms with Crippen LogP contribution in [-0.4, -0.2) is 95.9 Å². The molecule has 0 heterocycles. The molecule has 0 saturated carbocycles. The van der Waals surface area contributed by atoms with Gasteiger partial charge in [-0.3, -0.25) is 32.5 Å². The van der Waals surface area contributed by atoms with Gasteiger partial charge in [-0.15, -0.1) is 0 Å². The molecule has 0 amide bonds. The first kappa shape index (κ1) is 87.5. The Kier molecular flexibility index (Phi) is 63.9. The first-order chi connectivity index (χ1) is 44.2. The van der Waals surface area contributed by atoms with Gasteiger partial charge in [-0.05, 0) is 96.3 Å². The Morgan fingerprint density at radius 1 is 0.319 bits per heavy atom.